The van der Waals surface area contributed by atoms with Crippen LogP contribution >= 0.6 is 0 Å². The van der Waals surface area contributed by atoms with Crippen LogP contribution in [-0.4, -0.2) is 24.1 Å². The highest BCUT2D eigenvalue weighted by Crippen LogP contribution is 2.37. The van der Waals surface area contributed by atoms with E-state index < -0.39 is 0 Å². The number of hydrogen-bond donors (Lipinski definition) is 0. The Bertz CT molecular complexity index is 669. The zero-order valence-electron chi connectivity index (χ0n) is 13.1. The first-order valence-electron chi connectivity index (χ1n) is 7.33. The van der Waals surface area contributed by atoms with E-state index in [2.05, 4.69) is 22.9 Å². The first-order valence-corrected chi connectivity index (χ1v) is 7.33. The van der Waals surface area contributed by atoms with Gasteiger partial charge < -0.3 is 9.64 Å². The lowest BCUT2D eigenvalue weighted by Gasteiger charge is -2.23. The van der Waals surface area contributed by atoms with E-state index in [1.54, 1.807) is 7.11 Å². The SMILES string of the molecule is COc1ccccc1N(C)c1nc(C)nc2c1CC(C)C2. The molecule has 4 nitrogen and oxygen atoms in total. The van der Waals surface area contributed by atoms with E-state index in [-0.39, 0.29) is 0 Å². The van der Waals surface area contributed by atoms with Gasteiger partial charge in [-0.1, -0.05) is 19.1 Å². The van der Waals surface area contributed by atoms with Crippen molar-refractivity contribution in [2.24, 2.45) is 5.92 Å². The number of hydrogen-bond acceptors (Lipinski definition) is 4. The van der Waals surface area contributed by atoms with Crippen molar-refractivity contribution in [1.82, 2.24) is 9.97 Å². The van der Waals surface area contributed by atoms with Crippen LogP contribution in [0.1, 0.15) is 24.0 Å². The van der Waals surface area contributed by atoms with Crippen LogP contribution in [-0.2, 0) is 12.8 Å². The second kappa shape index (κ2) is 5.35. The normalized spacial score (nSPS) is 16.7. The molecule has 0 radical (unpaired) electrons. The lowest BCUT2D eigenvalue weighted by atomic mass is 10.1. The van der Waals surface area contributed by atoms with Crippen LogP contribution in [0.5, 0.6) is 5.75 Å². The molecule has 1 aromatic heterocycles. The maximum absolute atomic E-state index is 5.47. The van der Waals surface area contributed by atoms with Crippen molar-refractivity contribution in [2.75, 3.05) is 19.1 Å². The summed E-state index contributed by atoms with van der Waals surface area (Å²) in [6.45, 7) is 4.23. The van der Waals surface area contributed by atoms with Crippen LogP contribution in [0, 0.1) is 12.8 Å². The predicted molar refractivity (Wildman–Crippen MR) is 84.4 cm³/mol. The monoisotopic (exact) mass is 283 g/mol. The maximum Gasteiger partial charge on any atom is 0.142 e. The van der Waals surface area contributed by atoms with Gasteiger partial charge >= 0.3 is 0 Å². The van der Waals surface area contributed by atoms with Crippen LogP contribution in [0.2, 0.25) is 0 Å². The van der Waals surface area contributed by atoms with Gasteiger partial charge in [0.15, 0.2) is 0 Å². The Balaban J connectivity index is 2.09. The van der Waals surface area contributed by atoms with E-state index in [0.717, 1.165) is 35.9 Å². The van der Waals surface area contributed by atoms with Gasteiger partial charge in [-0.3, -0.25) is 0 Å². The van der Waals surface area contributed by atoms with Gasteiger partial charge in [-0.15, -0.1) is 0 Å². The van der Waals surface area contributed by atoms with Gasteiger partial charge in [-0.25, -0.2) is 9.97 Å². The highest BCUT2D eigenvalue weighted by molar-refractivity contribution is 5.69. The summed E-state index contributed by atoms with van der Waals surface area (Å²) >= 11 is 0. The number of para-hydroxylation sites is 2. The van der Waals surface area contributed by atoms with E-state index >= 15 is 0 Å². The van der Waals surface area contributed by atoms with Gasteiger partial charge in [0.1, 0.15) is 17.4 Å². The highest BCUT2D eigenvalue weighted by atomic mass is 16.5. The number of aryl methyl sites for hydroxylation is 1. The second-order valence-corrected chi connectivity index (χ2v) is 5.76. The van der Waals surface area contributed by atoms with Crippen LogP contribution in [0.3, 0.4) is 0 Å². The third-order valence-electron chi connectivity index (χ3n) is 4.04. The largest absolute Gasteiger partial charge is 0.495 e. The predicted octanol–water partition coefficient (Wildman–Crippen LogP) is 3.30. The van der Waals surface area contributed by atoms with Crippen molar-refractivity contribution >= 4 is 11.5 Å². The summed E-state index contributed by atoms with van der Waals surface area (Å²) in [5.74, 6) is 3.34. The fourth-order valence-electron chi connectivity index (χ4n) is 3.06. The van der Waals surface area contributed by atoms with Crippen molar-refractivity contribution < 1.29 is 4.74 Å². The zero-order valence-corrected chi connectivity index (χ0v) is 13.1. The smallest absolute Gasteiger partial charge is 0.142 e. The second-order valence-electron chi connectivity index (χ2n) is 5.76. The molecule has 1 unspecified atom stereocenters. The fraction of sp³-hybridized carbons (Fsp3) is 0.412. The molecular formula is C17H21N3O. The molecule has 1 aliphatic carbocycles. The molecule has 2 aromatic rings. The van der Waals surface area contributed by atoms with E-state index in [0.29, 0.717) is 5.92 Å². The van der Waals surface area contributed by atoms with Gasteiger partial charge in [0.2, 0.25) is 0 Å². The quantitative estimate of drug-likeness (QED) is 0.866. The molecule has 0 aliphatic heterocycles. The number of rotatable bonds is 3. The number of benzene rings is 1. The first-order chi connectivity index (χ1) is 10.1. The average Bonchev–Trinajstić information content (AvgIpc) is 2.85. The Labute approximate surface area is 125 Å². The molecule has 1 heterocycles. The summed E-state index contributed by atoms with van der Waals surface area (Å²) < 4.78 is 5.47. The molecule has 4 heteroatoms. The molecule has 0 fully saturated rings. The van der Waals surface area contributed by atoms with E-state index in [1.807, 2.05) is 32.2 Å². The molecule has 0 N–H and O–H groups in total. The van der Waals surface area contributed by atoms with Crippen LogP contribution in [0.4, 0.5) is 11.5 Å². The summed E-state index contributed by atoms with van der Waals surface area (Å²) in [5.41, 5.74) is 3.51. The summed E-state index contributed by atoms with van der Waals surface area (Å²) in [5, 5.41) is 0. The van der Waals surface area contributed by atoms with Gasteiger partial charge in [-0.2, -0.15) is 0 Å². The molecule has 0 spiro atoms. The van der Waals surface area contributed by atoms with Crippen molar-refractivity contribution in [3.8, 4) is 5.75 Å². The van der Waals surface area contributed by atoms with Gasteiger partial charge in [0, 0.05) is 18.3 Å². The minimum atomic E-state index is 0.640. The Morgan fingerprint density at radius 3 is 2.71 bits per heavy atom. The van der Waals surface area contributed by atoms with E-state index in [1.165, 1.54) is 11.3 Å². The molecule has 0 saturated heterocycles. The lowest BCUT2D eigenvalue weighted by molar-refractivity contribution is 0.415. The summed E-state index contributed by atoms with van der Waals surface area (Å²) in [6.07, 6.45) is 2.09. The Morgan fingerprint density at radius 2 is 1.95 bits per heavy atom. The molecule has 0 saturated carbocycles. The molecule has 1 aliphatic rings. The molecule has 21 heavy (non-hydrogen) atoms. The Hall–Kier alpha value is -2.10. The molecular weight excluding hydrogens is 262 g/mol. The highest BCUT2D eigenvalue weighted by Gasteiger charge is 2.26. The molecule has 1 atom stereocenters. The summed E-state index contributed by atoms with van der Waals surface area (Å²) in [6, 6.07) is 8.03. The molecule has 0 amide bonds. The van der Waals surface area contributed by atoms with Crippen molar-refractivity contribution in [3.63, 3.8) is 0 Å². The summed E-state index contributed by atoms with van der Waals surface area (Å²) in [7, 11) is 3.74. The number of fused-ring (bicyclic) bond motifs is 1. The Morgan fingerprint density at radius 1 is 1.19 bits per heavy atom. The lowest BCUT2D eigenvalue weighted by Crippen LogP contribution is -2.16. The summed E-state index contributed by atoms with van der Waals surface area (Å²) in [4.78, 5) is 11.4. The van der Waals surface area contributed by atoms with Gasteiger partial charge in [0.05, 0.1) is 12.8 Å². The van der Waals surface area contributed by atoms with E-state index in [4.69, 9.17) is 9.72 Å². The molecule has 1 aromatic carbocycles. The van der Waals surface area contributed by atoms with Gasteiger partial charge in [-0.05, 0) is 37.8 Å². The first kappa shape index (κ1) is 13.9. The van der Waals surface area contributed by atoms with Crippen molar-refractivity contribution in [1.29, 1.82) is 0 Å². The van der Waals surface area contributed by atoms with Crippen molar-refractivity contribution in [3.05, 3.63) is 41.3 Å². The van der Waals surface area contributed by atoms with Gasteiger partial charge in [0.25, 0.3) is 0 Å². The number of anilines is 2. The minimum absolute atomic E-state index is 0.640. The third kappa shape index (κ3) is 2.46. The molecule has 110 valence electrons. The van der Waals surface area contributed by atoms with Crippen LogP contribution in [0.15, 0.2) is 24.3 Å². The minimum Gasteiger partial charge on any atom is -0.495 e. The van der Waals surface area contributed by atoms with E-state index in [9.17, 15) is 0 Å². The number of methoxy groups -OCH3 is 1. The number of aromatic nitrogens is 2. The third-order valence-corrected chi connectivity index (χ3v) is 4.04. The molecule has 0 bridgehead atoms. The standard InChI is InChI=1S/C17H21N3O/c1-11-9-13-14(10-11)18-12(2)19-17(13)20(3)15-7-5-6-8-16(15)21-4/h5-8,11H,9-10H2,1-4H3. The zero-order chi connectivity index (χ0) is 15.0. The average molecular weight is 283 g/mol. The number of nitrogens with zero attached hydrogens (tertiary/aromatic N) is 3. The number of ether oxygens (including phenoxy) is 1. The molecule has 3 rings (SSSR count). The van der Waals surface area contributed by atoms with Crippen LogP contribution in [0.25, 0.3) is 0 Å². The topological polar surface area (TPSA) is 38.2 Å². The van der Waals surface area contributed by atoms with Crippen molar-refractivity contribution in [2.45, 2.75) is 26.7 Å². The fourth-order valence-corrected chi connectivity index (χ4v) is 3.06. The van der Waals surface area contributed by atoms with Crippen LogP contribution < -0.4 is 9.64 Å². The Kier molecular flexibility index (Phi) is 3.53. The maximum atomic E-state index is 5.47.